The predicted molar refractivity (Wildman–Crippen MR) is 149 cm³/mol. The van der Waals surface area contributed by atoms with E-state index < -0.39 is 24.2 Å². The van der Waals surface area contributed by atoms with Crippen LogP contribution in [0, 0.1) is 25.7 Å². The highest BCUT2D eigenvalue weighted by Gasteiger charge is 2.53. The molecule has 10 nitrogen and oxygen atoms in total. The molecule has 0 bridgehead atoms. The molecule has 4 atom stereocenters. The second-order valence-corrected chi connectivity index (χ2v) is 11.8. The predicted octanol–water partition coefficient (Wildman–Crippen LogP) is 1.96. The lowest BCUT2D eigenvalue weighted by molar-refractivity contribution is -0.138. The lowest BCUT2D eigenvalue weighted by Crippen LogP contribution is -2.53. The standard InChI is InChI=1S/C29H43N5O5/c1-15(2)12-22(31-19(7)35)29(39)34-14-25(36)26-24(34)10-11-33(26)28(38)23(13-16(3)4)32-27(37)20-8-9-21(30)18(6)17(20)5/h8-9,15-16,22-24,26H,10-14,30H2,1-7H3,(H,31,35)(H,32,37). The monoisotopic (exact) mass is 541 g/mol. The fourth-order valence-electron chi connectivity index (χ4n) is 5.71. The van der Waals surface area contributed by atoms with E-state index in [0.29, 0.717) is 37.1 Å². The molecular weight excluding hydrogens is 498 g/mol. The zero-order valence-corrected chi connectivity index (χ0v) is 24.2. The fraction of sp³-hybridized carbons (Fsp3) is 0.621. The van der Waals surface area contributed by atoms with Gasteiger partial charge >= 0.3 is 0 Å². The zero-order valence-electron chi connectivity index (χ0n) is 24.2. The summed E-state index contributed by atoms with van der Waals surface area (Å²) >= 11 is 0. The van der Waals surface area contributed by atoms with Crippen LogP contribution in [0.4, 0.5) is 5.69 Å². The van der Waals surface area contributed by atoms with Crippen LogP contribution in [0.25, 0.3) is 0 Å². The number of hydrogen-bond acceptors (Lipinski definition) is 6. The highest BCUT2D eigenvalue weighted by atomic mass is 16.2. The molecule has 2 heterocycles. The Hall–Kier alpha value is -3.43. The van der Waals surface area contributed by atoms with Crippen molar-refractivity contribution in [1.82, 2.24) is 20.4 Å². The van der Waals surface area contributed by atoms with Crippen LogP contribution in [-0.4, -0.2) is 76.5 Å². The first-order valence-corrected chi connectivity index (χ1v) is 13.8. The Morgan fingerprint density at radius 2 is 1.49 bits per heavy atom. The van der Waals surface area contributed by atoms with Gasteiger partial charge in [-0.1, -0.05) is 27.7 Å². The van der Waals surface area contributed by atoms with Crippen LogP contribution in [0.15, 0.2) is 12.1 Å². The Morgan fingerprint density at radius 3 is 2.05 bits per heavy atom. The maximum atomic E-state index is 13.8. The number of nitrogens with one attached hydrogen (secondary N) is 2. The summed E-state index contributed by atoms with van der Waals surface area (Å²) in [5, 5.41) is 5.64. The molecule has 0 saturated carbocycles. The molecule has 0 aromatic heterocycles. The van der Waals surface area contributed by atoms with Crippen molar-refractivity contribution < 1.29 is 24.0 Å². The normalized spacial score (nSPS) is 20.3. The van der Waals surface area contributed by atoms with Gasteiger partial charge in [-0.05, 0) is 68.2 Å². The molecule has 39 heavy (non-hydrogen) atoms. The second kappa shape index (κ2) is 12.2. The maximum absolute atomic E-state index is 13.8. The molecule has 3 rings (SSSR count). The first kappa shape index (κ1) is 30.1. The number of benzene rings is 1. The van der Waals surface area contributed by atoms with Gasteiger partial charge in [-0.3, -0.25) is 24.0 Å². The van der Waals surface area contributed by atoms with E-state index in [-0.39, 0.29) is 47.8 Å². The quantitative estimate of drug-likeness (QED) is 0.408. The molecule has 2 saturated heterocycles. The number of carbonyl (C=O) groups excluding carboxylic acids is 5. The van der Waals surface area contributed by atoms with Gasteiger partial charge in [0.1, 0.15) is 18.1 Å². The summed E-state index contributed by atoms with van der Waals surface area (Å²) in [6.07, 6.45) is 1.32. The lowest BCUT2D eigenvalue weighted by atomic mass is 9.98. The Balaban J connectivity index is 1.81. The van der Waals surface area contributed by atoms with Crippen LogP contribution in [0.5, 0.6) is 0 Å². The van der Waals surface area contributed by atoms with Gasteiger partial charge in [0, 0.05) is 24.7 Å². The number of nitrogens with zero attached hydrogens (tertiary/aromatic N) is 2. The molecule has 10 heteroatoms. The number of nitrogen functional groups attached to an aromatic ring is 1. The van der Waals surface area contributed by atoms with E-state index in [2.05, 4.69) is 10.6 Å². The fourth-order valence-corrected chi connectivity index (χ4v) is 5.71. The third-order valence-corrected chi connectivity index (χ3v) is 7.76. The molecule has 4 N–H and O–H groups in total. The maximum Gasteiger partial charge on any atom is 0.252 e. The van der Waals surface area contributed by atoms with Crippen molar-refractivity contribution in [2.45, 2.75) is 91.9 Å². The van der Waals surface area contributed by atoms with E-state index in [1.54, 1.807) is 12.1 Å². The highest BCUT2D eigenvalue weighted by molar-refractivity contribution is 6.02. The van der Waals surface area contributed by atoms with Gasteiger partial charge in [0.05, 0.1) is 12.6 Å². The van der Waals surface area contributed by atoms with Crippen LogP contribution < -0.4 is 16.4 Å². The van der Waals surface area contributed by atoms with Crippen molar-refractivity contribution >= 4 is 35.1 Å². The van der Waals surface area contributed by atoms with Crippen molar-refractivity contribution in [2.24, 2.45) is 11.8 Å². The summed E-state index contributed by atoms with van der Waals surface area (Å²) in [5.41, 5.74) is 8.58. The average molecular weight is 542 g/mol. The van der Waals surface area contributed by atoms with Crippen LogP contribution in [0.1, 0.15) is 75.4 Å². The van der Waals surface area contributed by atoms with Gasteiger partial charge in [0.15, 0.2) is 5.78 Å². The average Bonchev–Trinajstić information content (AvgIpc) is 3.41. The second-order valence-electron chi connectivity index (χ2n) is 11.8. The van der Waals surface area contributed by atoms with E-state index in [9.17, 15) is 24.0 Å². The lowest BCUT2D eigenvalue weighted by Gasteiger charge is -2.30. The molecule has 4 amide bonds. The molecule has 214 valence electrons. The van der Waals surface area contributed by atoms with E-state index in [4.69, 9.17) is 5.73 Å². The van der Waals surface area contributed by atoms with Crippen LogP contribution in [0.2, 0.25) is 0 Å². The summed E-state index contributed by atoms with van der Waals surface area (Å²) in [4.78, 5) is 68.5. The summed E-state index contributed by atoms with van der Waals surface area (Å²) in [5.74, 6) is -1.23. The summed E-state index contributed by atoms with van der Waals surface area (Å²) in [6.45, 7) is 13.1. The van der Waals surface area contributed by atoms with Crippen molar-refractivity contribution in [3.8, 4) is 0 Å². The van der Waals surface area contributed by atoms with Gasteiger partial charge in [-0.2, -0.15) is 0 Å². The van der Waals surface area contributed by atoms with Gasteiger partial charge < -0.3 is 26.2 Å². The molecule has 0 aliphatic carbocycles. The molecule has 4 unspecified atom stereocenters. The summed E-state index contributed by atoms with van der Waals surface area (Å²) < 4.78 is 0. The van der Waals surface area contributed by atoms with Gasteiger partial charge in [-0.15, -0.1) is 0 Å². The summed E-state index contributed by atoms with van der Waals surface area (Å²) in [6, 6.07) is 0.582. The van der Waals surface area contributed by atoms with E-state index in [0.717, 1.165) is 11.1 Å². The van der Waals surface area contributed by atoms with Gasteiger partial charge in [0.2, 0.25) is 17.7 Å². The van der Waals surface area contributed by atoms with Crippen LogP contribution >= 0.6 is 0 Å². The van der Waals surface area contributed by atoms with E-state index in [1.165, 1.54) is 16.7 Å². The number of anilines is 1. The largest absolute Gasteiger partial charge is 0.399 e. The van der Waals surface area contributed by atoms with E-state index in [1.807, 2.05) is 41.5 Å². The minimum atomic E-state index is -0.820. The number of likely N-dealkylation sites (tertiary alicyclic amines) is 2. The molecule has 2 aliphatic heterocycles. The molecule has 0 radical (unpaired) electrons. The van der Waals surface area contributed by atoms with Gasteiger partial charge in [-0.25, -0.2) is 0 Å². The highest BCUT2D eigenvalue weighted by Crippen LogP contribution is 2.32. The Morgan fingerprint density at radius 1 is 0.923 bits per heavy atom. The number of nitrogens with two attached hydrogens (primary N) is 1. The molecule has 0 spiro atoms. The number of fused-ring (bicyclic) bond motifs is 1. The Kier molecular flexibility index (Phi) is 9.40. The van der Waals surface area contributed by atoms with Gasteiger partial charge in [0.25, 0.3) is 5.91 Å². The third-order valence-electron chi connectivity index (χ3n) is 7.76. The number of amides is 4. The van der Waals surface area contributed by atoms with Crippen LogP contribution in [0.3, 0.4) is 0 Å². The smallest absolute Gasteiger partial charge is 0.252 e. The molecular formula is C29H43N5O5. The molecule has 2 fully saturated rings. The number of ketones is 1. The number of Topliss-reactive ketones (excluding diaryl/α,β-unsaturated/α-hetero) is 1. The summed E-state index contributed by atoms with van der Waals surface area (Å²) in [7, 11) is 0. The minimum Gasteiger partial charge on any atom is -0.399 e. The van der Waals surface area contributed by atoms with Crippen molar-refractivity contribution in [1.29, 1.82) is 0 Å². The van der Waals surface area contributed by atoms with Crippen molar-refractivity contribution in [2.75, 3.05) is 18.8 Å². The van der Waals surface area contributed by atoms with Crippen LogP contribution in [-0.2, 0) is 19.2 Å². The zero-order chi connectivity index (χ0) is 29.2. The number of rotatable bonds is 9. The Labute approximate surface area is 231 Å². The Bertz CT molecular complexity index is 1150. The SMILES string of the molecule is CC(=O)NC(CC(C)C)C(=O)N1CC(=O)C2C1CCN2C(=O)C(CC(C)C)NC(=O)c1ccc(N)c(C)c1C. The first-order valence-electron chi connectivity index (χ1n) is 13.8. The molecule has 1 aromatic rings. The topological polar surface area (TPSA) is 142 Å². The number of carbonyl (C=O) groups is 5. The van der Waals surface area contributed by atoms with Crippen molar-refractivity contribution in [3.63, 3.8) is 0 Å². The van der Waals surface area contributed by atoms with E-state index >= 15 is 0 Å². The minimum absolute atomic E-state index is 0.1000. The first-order chi connectivity index (χ1) is 18.2. The number of hydrogen-bond donors (Lipinski definition) is 3. The molecule has 2 aliphatic rings. The van der Waals surface area contributed by atoms with Crippen molar-refractivity contribution in [3.05, 3.63) is 28.8 Å². The third kappa shape index (κ3) is 6.59. The molecule has 1 aromatic carbocycles.